The first-order valence-corrected chi connectivity index (χ1v) is 14.8. The number of rotatable bonds is 13. The predicted molar refractivity (Wildman–Crippen MR) is 155 cm³/mol. The summed E-state index contributed by atoms with van der Waals surface area (Å²) in [7, 11) is 0. The number of imidazole rings is 1. The highest BCUT2D eigenvalue weighted by atomic mass is 79.9. The number of hydrogen-bond donors (Lipinski definition) is 2. The molecule has 0 amide bonds. The van der Waals surface area contributed by atoms with Crippen molar-refractivity contribution in [3.05, 3.63) is 82.9 Å². The molecular formula is C28H33BrN6OS. The minimum atomic E-state index is -0.0221. The van der Waals surface area contributed by atoms with E-state index in [1.807, 2.05) is 18.1 Å². The van der Waals surface area contributed by atoms with Crippen LogP contribution >= 0.6 is 27.7 Å². The van der Waals surface area contributed by atoms with Crippen molar-refractivity contribution in [2.24, 2.45) is 0 Å². The molecule has 37 heavy (non-hydrogen) atoms. The number of aromatic nitrogens is 4. The van der Waals surface area contributed by atoms with E-state index in [1.54, 1.807) is 6.33 Å². The van der Waals surface area contributed by atoms with Crippen LogP contribution in [0.25, 0.3) is 11.2 Å². The summed E-state index contributed by atoms with van der Waals surface area (Å²) >= 11 is 5.47. The summed E-state index contributed by atoms with van der Waals surface area (Å²) in [5.41, 5.74) is 4.28. The third-order valence-electron chi connectivity index (χ3n) is 6.48. The predicted octanol–water partition coefficient (Wildman–Crippen LogP) is 5.83. The fourth-order valence-corrected chi connectivity index (χ4v) is 6.00. The van der Waals surface area contributed by atoms with Crippen LogP contribution in [0.2, 0.25) is 0 Å². The Bertz CT molecular complexity index is 1270. The molecule has 0 radical (unpaired) electrons. The molecule has 1 aliphatic rings. The molecule has 0 aliphatic carbocycles. The molecule has 194 valence electrons. The first kappa shape index (κ1) is 26.2. The Morgan fingerprint density at radius 1 is 1.00 bits per heavy atom. The lowest BCUT2D eigenvalue weighted by Gasteiger charge is -2.15. The highest BCUT2D eigenvalue weighted by molar-refractivity contribution is 9.10. The van der Waals surface area contributed by atoms with Gasteiger partial charge in [0.15, 0.2) is 17.0 Å². The van der Waals surface area contributed by atoms with Crippen LogP contribution in [0.3, 0.4) is 0 Å². The largest absolute Gasteiger partial charge is 0.368 e. The number of nitrogens with zero attached hydrogens (tertiary/aromatic N) is 4. The van der Waals surface area contributed by atoms with Gasteiger partial charge in [0.1, 0.15) is 12.6 Å². The van der Waals surface area contributed by atoms with E-state index in [4.69, 9.17) is 4.74 Å². The molecule has 1 saturated heterocycles. The second-order valence-electron chi connectivity index (χ2n) is 9.23. The van der Waals surface area contributed by atoms with Crippen LogP contribution in [0.5, 0.6) is 0 Å². The standard InChI is InChI=1S/C28H33BrN6OS/c29-23-10-4-8-22(16-23)17-30-14-15-37-18-24-11-12-25(36-24)35-20-34-26-27(32-19-33-28(26)35)31-13-5-9-21-6-2-1-3-7-21/h1-4,6-8,10,16,19-20,24-25,30H,5,9,11-15,17-18H2,(H,31,32,33). The van der Waals surface area contributed by atoms with Gasteiger partial charge in [-0.3, -0.25) is 4.57 Å². The Balaban J connectivity index is 1.05. The smallest absolute Gasteiger partial charge is 0.167 e. The van der Waals surface area contributed by atoms with Crippen LogP contribution in [0.15, 0.2) is 71.7 Å². The van der Waals surface area contributed by atoms with Crippen LogP contribution < -0.4 is 10.6 Å². The van der Waals surface area contributed by atoms with E-state index >= 15 is 0 Å². The van der Waals surface area contributed by atoms with Crippen LogP contribution in [0.1, 0.15) is 36.6 Å². The molecule has 0 saturated carbocycles. The molecule has 0 spiro atoms. The second kappa shape index (κ2) is 13.4. The Morgan fingerprint density at radius 3 is 2.78 bits per heavy atom. The van der Waals surface area contributed by atoms with Crippen LogP contribution in [0, 0.1) is 0 Å². The quantitative estimate of drug-likeness (QED) is 0.192. The monoisotopic (exact) mass is 580 g/mol. The fraction of sp³-hybridized carbons (Fsp3) is 0.393. The van der Waals surface area contributed by atoms with Crippen molar-refractivity contribution in [1.29, 1.82) is 0 Å². The highest BCUT2D eigenvalue weighted by Gasteiger charge is 2.28. The molecule has 3 heterocycles. The van der Waals surface area contributed by atoms with Crippen molar-refractivity contribution in [3.63, 3.8) is 0 Å². The van der Waals surface area contributed by atoms with E-state index in [2.05, 4.69) is 101 Å². The van der Waals surface area contributed by atoms with Crippen molar-refractivity contribution >= 4 is 44.7 Å². The molecule has 2 N–H and O–H groups in total. The normalized spacial score (nSPS) is 17.4. The van der Waals surface area contributed by atoms with Gasteiger partial charge in [0.25, 0.3) is 0 Å². The lowest BCUT2D eigenvalue weighted by Crippen LogP contribution is -2.18. The second-order valence-corrected chi connectivity index (χ2v) is 11.3. The van der Waals surface area contributed by atoms with Gasteiger partial charge in [0.2, 0.25) is 0 Å². The maximum Gasteiger partial charge on any atom is 0.167 e. The van der Waals surface area contributed by atoms with E-state index in [9.17, 15) is 0 Å². The van der Waals surface area contributed by atoms with Crippen molar-refractivity contribution in [2.45, 2.75) is 44.6 Å². The lowest BCUT2D eigenvalue weighted by molar-refractivity contribution is 0.0153. The molecule has 9 heteroatoms. The average molecular weight is 582 g/mol. The van der Waals surface area contributed by atoms with Crippen LogP contribution in [0.4, 0.5) is 5.82 Å². The molecule has 1 fully saturated rings. The van der Waals surface area contributed by atoms with Gasteiger partial charge in [0.05, 0.1) is 12.4 Å². The minimum absolute atomic E-state index is 0.0221. The maximum atomic E-state index is 6.39. The number of fused-ring (bicyclic) bond motifs is 1. The Labute approximate surface area is 231 Å². The molecule has 4 aromatic rings. The van der Waals surface area contributed by atoms with Gasteiger partial charge in [-0.05, 0) is 48.9 Å². The molecule has 5 rings (SSSR count). The third kappa shape index (κ3) is 7.31. The van der Waals surface area contributed by atoms with Crippen molar-refractivity contribution in [2.75, 3.05) is 29.9 Å². The number of benzene rings is 2. The molecule has 1 aliphatic heterocycles. The Kier molecular flexibility index (Phi) is 9.45. The summed E-state index contributed by atoms with van der Waals surface area (Å²) < 4.78 is 9.57. The van der Waals surface area contributed by atoms with Crippen molar-refractivity contribution in [3.8, 4) is 0 Å². The van der Waals surface area contributed by atoms with E-state index in [0.717, 1.165) is 78.3 Å². The first-order valence-electron chi connectivity index (χ1n) is 12.9. The zero-order valence-electron chi connectivity index (χ0n) is 20.9. The Morgan fingerprint density at radius 2 is 1.89 bits per heavy atom. The minimum Gasteiger partial charge on any atom is -0.368 e. The lowest BCUT2D eigenvalue weighted by atomic mass is 10.1. The fourth-order valence-electron chi connectivity index (χ4n) is 4.59. The number of halogens is 1. The summed E-state index contributed by atoms with van der Waals surface area (Å²) in [4.78, 5) is 13.6. The maximum absolute atomic E-state index is 6.39. The molecule has 2 aromatic heterocycles. The zero-order chi connectivity index (χ0) is 25.3. The summed E-state index contributed by atoms with van der Waals surface area (Å²) in [5, 5.41) is 6.97. The van der Waals surface area contributed by atoms with Crippen molar-refractivity contribution in [1.82, 2.24) is 24.8 Å². The highest BCUT2D eigenvalue weighted by Crippen LogP contribution is 2.32. The zero-order valence-corrected chi connectivity index (χ0v) is 23.3. The van der Waals surface area contributed by atoms with Gasteiger partial charge in [0, 0.05) is 35.6 Å². The Hall–Kier alpha value is -2.46. The SMILES string of the molecule is Brc1cccc(CNCCSCC2CCC(n3cnc4c(NCCCc5ccccc5)ncnc43)O2)c1. The van der Waals surface area contributed by atoms with Gasteiger partial charge in [-0.25, -0.2) is 15.0 Å². The van der Waals surface area contributed by atoms with E-state index in [1.165, 1.54) is 11.1 Å². The molecule has 2 aromatic carbocycles. The van der Waals surface area contributed by atoms with Gasteiger partial charge in [-0.15, -0.1) is 0 Å². The van der Waals surface area contributed by atoms with Crippen LogP contribution in [-0.4, -0.2) is 50.2 Å². The van der Waals surface area contributed by atoms with Gasteiger partial charge >= 0.3 is 0 Å². The van der Waals surface area contributed by atoms with Crippen molar-refractivity contribution < 1.29 is 4.74 Å². The number of nitrogens with one attached hydrogen (secondary N) is 2. The summed E-state index contributed by atoms with van der Waals surface area (Å²) in [6.07, 6.45) is 7.79. The average Bonchev–Trinajstić information content (AvgIpc) is 3.57. The summed E-state index contributed by atoms with van der Waals surface area (Å²) in [6, 6.07) is 19.0. The van der Waals surface area contributed by atoms with Gasteiger partial charge < -0.3 is 15.4 Å². The van der Waals surface area contributed by atoms with Gasteiger partial charge in [-0.2, -0.15) is 11.8 Å². The van der Waals surface area contributed by atoms with E-state index < -0.39 is 0 Å². The molecule has 2 atom stereocenters. The van der Waals surface area contributed by atoms with E-state index in [-0.39, 0.29) is 12.3 Å². The van der Waals surface area contributed by atoms with Gasteiger partial charge in [-0.1, -0.05) is 58.4 Å². The summed E-state index contributed by atoms with van der Waals surface area (Å²) in [6.45, 7) is 2.71. The molecule has 7 nitrogen and oxygen atoms in total. The third-order valence-corrected chi connectivity index (χ3v) is 8.07. The number of aryl methyl sites for hydroxylation is 1. The number of hydrogen-bond acceptors (Lipinski definition) is 7. The number of thioether (sulfide) groups is 1. The van der Waals surface area contributed by atoms with E-state index in [0.29, 0.717) is 0 Å². The number of ether oxygens (including phenoxy) is 1. The first-order chi connectivity index (χ1) is 18.3. The topological polar surface area (TPSA) is 76.9 Å². The van der Waals surface area contributed by atoms with Crippen LogP contribution in [-0.2, 0) is 17.7 Å². The summed E-state index contributed by atoms with van der Waals surface area (Å²) in [5.74, 6) is 2.86. The number of anilines is 1. The molecule has 2 unspecified atom stereocenters. The molecular weight excluding hydrogens is 548 g/mol. The molecule has 0 bridgehead atoms.